The molecule has 0 radical (unpaired) electrons. The summed E-state index contributed by atoms with van der Waals surface area (Å²) in [4.78, 5) is 19.3. The average molecular weight is 329 g/mol. The van der Waals surface area contributed by atoms with E-state index in [0.717, 1.165) is 37.3 Å². The molecule has 0 unspecified atom stereocenters. The molecule has 0 aliphatic carbocycles. The standard InChI is InChI=1S/C18H27N5O/c1-13(2)22-10-7-19-17(22)16-5-8-21(9-6-16)18(24)15(4)23-12-14(3)11-20-23/h7,10-13,15-16H,5-6,8-9H2,1-4H3/t15-/m1/s1. The third-order valence-corrected chi connectivity index (χ3v) is 4.91. The van der Waals surface area contributed by atoms with Gasteiger partial charge in [0.15, 0.2) is 0 Å². The van der Waals surface area contributed by atoms with E-state index in [1.165, 1.54) is 0 Å². The third-order valence-electron chi connectivity index (χ3n) is 4.91. The Kier molecular flexibility index (Phi) is 4.73. The van der Waals surface area contributed by atoms with Crippen molar-refractivity contribution in [2.75, 3.05) is 13.1 Å². The summed E-state index contributed by atoms with van der Waals surface area (Å²) in [6, 6.07) is 0.179. The minimum Gasteiger partial charge on any atom is -0.341 e. The zero-order valence-corrected chi connectivity index (χ0v) is 15.0. The van der Waals surface area contributed by atoms with Gasteiger partial charge in [-0.2, -0.15) is 5.10 Å². The van der Waals surface area contributed by atoms with Crippen molar-refractivity contribution in [1.29, 1.82) is 0 Å². The molecule has 1 amide bonds. The van der Waals surface area contributed by atoms with Gasteiger partial charge in [-0.15, -0.1) is 0 Å². The molecule has 0 N–H and O–H groups in total. The number of amides is 1. The largest absolute Gasteiger partial charge is 0.341 e. The quantitative estimate of drug-likeness (QED) is 0.866. The molecule has 2 aromatic heterocycles. The van der Waals surface area contributed by atoms with Crippen LogP contribution in [-0.2, 0) is 4.79 Å². The van der Waals surface area contributed by atoms with Crippen LogP contribution in [0.5, 0.6) is 0 Å². The molecule has 1 aliphatic rings. The second kappa shape index (κ2) is 6.79. The maximum Gasteiger partial charge on any atom is 0.247 e. The highest BCUT2D eigenvalue weighted by Crippen LogP contribution is 2.29. The Morgan fingerprint density at radius 2 is 1.96 bits per heavy atom. The van der Waals surface area contributed by atoms with Crippen molar-refractivity contribution in [2.24, 2.45) is 0 Å². The van der Waals surface area contributed by atoms with Crippen molar-refractivity contribution in [2.45, 2.75) is 58.5 Å². The predicted molar refractivity (Wildman–Crippen MR) is 92.8 cm³/mol. The SMILES string of the molecule is Cc1cnn([C@H](C)C(=O)N2CCC(c3nccn3C(C)C)CC2)c1. The molecule has 0 saturated carbocycles. The second-order valence-electron chi connectivity index (χ2n) is 7.06. The van der Waals surface area contributed by atoms with Crippen molar-refractivity contribution in [3.05, 3.63) is 36.2 Å². The summed E-state index contributed by atoms with van der Waals surface area (Å²) in [6.45, 7) is 9.85. The maximum absolute atomic E-state index is 12.7. The van der Waals surface area contributed by atoms with E-state index >= 15 is 0 Å². The highest BCUT2D eigenvalue weighted by molar-refractivity contribution is 5.80. The minimum absolute atomic E-state index is 0.156. The number of carbonyl (C=O) groups excluding carboxylic acids is 1. The molecular weight excluding hydrogens is 302 g/mol. The fourth-order valence-corrected chi connectivity index (χ4v) is 3.46. The summed E-state index contributed by atoms with van der Waals surface area (Å²) in [5.74, 6) is 1.75. The first-order chi connectivity index (χ1) is 11.5. The minimum atomic E-state index is -0.243. The van der Waals surface area contributed by atoms with Gasteiger partial charge in [0, 0.05) is 43.6 Å². The first kappa shape index (κ1) is 16.7. The van der Waals surface area contributed by atoms with E-state index in [1.807, 2.05) is 31.1 Å². The topological polar surface area (TPSA) is 56.0 Å². The van der Waals surface area contributed by atoms with Crippen molar-refractivity contribution in [3.63, 3.8) is 0 Å². The molecule has 1 aliphatic heterocycles. The zero-order chi connectivity index (χ0) is 17.3. The van der Waals surface area contributed by atoms with Crippen LogP contribution in [0.25, 0.3) is 0 Å². The van der Waals surface area contributed by atoms with Crippen molar-refractivity contribution in [3.8, 4) is 0 Å². The molecule has 0 aromatic carbocycles. The van der Waals surface area contributed by atoms with Crippen LogP contribution in [0.2, 0.25) is 0 Å². The molecule has 24 heavy (non-hydrogen) atoms. The second-order valence-corrected chi connectivity index (χ2v) is 7.06. The highest BCUT2D eigenvalue weighted by Gasteiger charge is 2.29. The molecule has 3 rings (SSSR count). The number of piperidine rings is 1. The molecule has 3 heterocycles. The number of aryl methyl sites for hydroxylation is 1. The van der Waals surface area contributed by atoms with Crippen molar-refractivity contribution >= 4 is 5.91 Å². The number of carbonyl (C=O) groups is 1. The van der Waals surface area contributed by atoms with Gasteiger partial charge in [0.2, 0.25) is 5.91 Å². The lowest BCUT2D eigenvalue weighted by atomic mass is 9.95. The van der Waals surface area contributed by atoms with Gasteiger partial charge in [-0.25, -0.2) is 4.98 Å². The number of hydrogen-bond donors (Lipinski definition) is 0. The Labute approximate surface area is 143 Å². The molecule has 2 aromatic rings. The lowest BCUT2D eigenvalue weighted by molar-refractivity contribution is -0.135. The van der Waals surface area contributed by atoms with Gasteiger partial charge in [0.05, 0.1) is 6.20 Å². The van der Waals surface area contributed by atoms with E-state index in [-0.39, 0.29) is 11.9 Å². The number of likely N-dealkylation sites (tertiary alicyclic amines) is 1. The normalized spacial score (nSPS) is 17.5. The van der Waals surface area contributed by atoms with Crippen LogP contribution in [0.1, 0.15) is 63.0 Å². The van der Waals surface area contributed by atoms with Crippen molar-refractivity contribution < 1.29 is 4.79 Å². The highest BCUT2D eigenvalue weighted by atomic mass is 16.2. The Morgan fingerprint density at radius 3 is 2.54 bits per heavy atom. The van der Waals surface area contributed by atoms with Crippen LogP contribution in [0.4, 0.5) is 0 Å². The summed E-state index contributed by atoms with van der Waals surface area (Å²) in [5, 5.41) is 4.27. The number of nitrogens with zero attached hydrogens (tertiary/aromatic N) is 5. The summed E-state index contributed by atoms with van der Waals surface area (Å²) in [5.41, 5.74) is 1.08. The molecule has 130 valence electrons. The monoisotopic (exact) mass is 329 g/mol. The Balaban J connectivity index is 1.62. The molecule has 0 spiro atoms. The van der Waals surface area contributed by atoms with Crippen LogP contribution >= 0.6 is 0 Å². The van der Waals surface area contributed by atoms with Crippen LogP contribution in [0.15, 0.2) is 24.8 Å². The first-order valence-electron chi connectivity index (χ1n) is 8.79. The van der Waals surface area contributed by atoms with Gasteiger partial charge in [-0.3, -0.25) is 9.48 Å². The average Bonchev–Trinajstić information content (AvgIpc) is 3.22. The summed E-state index contributed by atoms with van der Waals surface area (Å²) >= 11 is 0. The zero-order valence-electron chi connectivity index (χ0n) is 15.0. The maximum atomic E-state index is 12.7. The number of imidazole rings is 1. The third kappa shape index (κ3) is 3.23. The first-order valence-corrected chi connectivity index (χ1v) is 8.79. The van der Waals surface area contributed by atoms with Crippen LogP contribution in [0, 0.1) is 6.92 Å². The van der Waals surface area contributed by atoms with E-state index in [0.29, 0.717) is 12.0 Å². The van der Waals surface area contributed by atoms with E-state index < -0.39 is 0 Å². The molecule has 6 heteroatoms. The van der Waals surface area contributed by atoms with Gasteiger partial charge in [0.25, 0.3) is 0 Å². The molecule has 1 fully saturated rings. The number of aromatic nitrogens is 4. The van der Waals surface area contributed by atoms with Gasteiger partial charge >= 0.3 is 0 Å². The fourth-order valence-electron chi connectivity index (χ4n) is 3.46. The van der Waals surface area contributed by atoms with Crippen LogP contribution in [-0.4, -0.2) is 43.2 Å². The van der Waals surface area contributed by atoms with Gasteiger partial charge in [0.1, 0.15) is 11.9 Å². The lowest BCUT2D eigenvalue weighted by Gasteiger charge is -2.33. The Hall–Kier alpha value is -2.11. The van der Waals surface area contributed by atoms with E-state index in [4.69, 9.17) is 0 Å². The number of rotatable bonds is 4. The summed E-state index contributed by atoms with van der Waals surface area (Å²) in [7, 11) is 0. The molecule has 0 bridgehead atoms. The van der Waals surface area contributed by atoms with E-state index in [1.54, 1.807) is 10.9 Å². The predicted octanol–water partition coefficient (Wildman–Crippen LogP) is 2.94. The van der Waals surface area contributed by atoms with Crippen LogP contribution < -0.4 is 0 Å². The molecule has 1 atom stereocenters. The lowest BCUT2D eigenvalue weighted by Crippen LogP contribution is -2.41. The van der Waals surface area contributed by atoms with Crippen molar-refractivity contribution in [1.82, 2.24) is 24.2 Å². The fraction of sp³-hybridized carbons (Fsp3) is 0.611. The van der Waals surface area contributed by atoms with Gasteiger partial charge in [-0.05, 0) is 46.1 Å². The summed E-state index contributed by atoms with van der Waals surface area (Å²) < 4.78 is 4.01. The molecule has 6 nitrogen and oxygen atoms in total. The van der Waals surface area contributed by atoms with E-state index in [2.05, 4.69) is 34.7 Å². The van der Waals surface area contributed by atoms with Gasteiger partial charge < -0.3 is 9.47 Å². The Morgan fingerprint density at radius 1 is 1.25 bits per heavy atom. The Bertz CT molecular complexity index is 694. The van der Waals surface area contributed by atoms with E-state index in [9.17, 15) is 4.79 Å². The number of hydrogen-bond acceptors (Lipinski definition) is 3. The van der Waals surface area contributed by atoms with Gasteiger partial charge in [-0.1, -0.05) is 0 Å². The van der Waals surface area contributed by atoms with Crippen LogP contribution in [0.3, 0.4) is 0 Å². The summed E-state index contributed by atoms with van der Waals surface area (Å²) in [6.07, 6.45) is 9.60. The smallest absolute Gasteiger partial charge is 0.247 e. The molecule has 1 saturated heterocycles. The molecular formula is C18H27N5O.